The first-order valence-corrected chi connectivity index (χ1v) is 6.73. The van der Waals surface area contributed by atoms with Crippen LogP contribution in [0.4, 0.5) is 0 Å². The molecule has 7 nitrogen and oxygen atoms in total. The molecule has 0 saturated carbocycles. The van der Waals surface area contributed by atoms with Gasteiger partial charge >= 0.3 is 0 Å². The predicted molar refractivity (Wildman–Crippen MR) is 70.0 cm³/mol. The van der Waals surface area contributed by atoms with E-state index in [-0.39, 0.29) is 6.61 Å². The van der Waals surface area contributed by atoms with Crippen molar-refractivity contribution in [2.75, 3.05) is 13.7 Å². The molecule has 8 heteroatoms. The number of pyridine rings is 1. The van der Waals surface area contributed by atoms with Gasteiger partial charge in [-0.15, -0.1) is 5.10 Å². The second kappa shape index (κ2) is 6.48. The summed E-state index contributed by atoms with van der Waals surface area (Å²) in [7, 11) is 1.63. The van der Waals surface area contributed by atoms with Gasteiger partial charge in [0.2, 0.25) is 5.16 Å². The number of aromatic nitrogens is 5. The Balaban J connectivity index is 2.05. The first kappa shape index (κ1) is 13.8. The molecule has 0 atom stereocenters. The molecule has 0 aromatic carbocycles. The van der Waals surface area contributed by atoms with Crippen LogP contribution in [0.25, 0.3) is 0 Å². The third-order valence-electron chi connectivity index (χ3n) is 2.38. The van der Waals surface area contributed by atoms with Crippen molar-refractivity contribution in [2.45, 2.75) is 24.4 Å². The highest BCUT2D eigenvalue weighted by atomic mass is 32.2. The van der Waals surface area contributed by atoms with Gasteiger partial charge in [0.05, 0.1) is 26.0 Å². The number of ether oxygens (including phenoxy) is 1. The van der Waals surface area contributed by atoms with Crippen molar-refractivity contribution in [1.82, 2.24) is 25.2 Å². The number of thioether (sulfide) groups is 1. The lowest BCUT2D eigenvalue weighted by Gasteiger charge is -2.06. The molecule has 2 aromatic rings. The van der Waals surface area contributed by atoms with Crippen molar-refractivity contribution in [3.63, 3.8) is 0 Å². The topological polar surface area (TPSA) is 86.0 Å². The van der Waals surface area contributed by atoms with Crippen LogP contribution in [0.5, 0.6) is 5.75 Å². The molecular formula is C11H15N5O2S. The summed E-state index contributed by atoms with van der Waals surface area (Å²) in [5, 5.41) is 20.9. The number of aliphatic hydroxyl groups is 1. The minimum atomic E-state index is 0.00905. The van der Waals surface area contributed by atoms with E-state index in [9.17, 15) is 0 Å². The number of nitrogens with zero attached hydrogens (tertiary/aromatic N) is 5. The Morgan fingerprint density at radius 1 is 1.42 bits per heavy atom. The summed E-state index contributed by atoms with van der Waals surface area (Å²) in [5.41, 5.74) is 1.81. The molecule has 2 rings (SSSR count). The molecular weight excluding hydrogens is 266 g/mol. The minimum Gasteiger partial charge on any atom is -0.497 e. The van der Waals surface area contributed by atoms with E-state index in [1.54, 1.807) is 11.8 Å². The van der Waals surface area contributed by atoms with Crippen molar-refractivity contribution in [3.8, 4) is 5.75 Å². The number of rotatable bonds is 6. The first-order valence-electron chi connectivity index (χ1n) is 5.74. The summed E-state index contributed by atoms with van der Waals surface area (Å²) in [6.45, 7) is 2.32. The van der Waals surface area contributed by atoms with Crippen LogP contribution in [-0.2, 0) is 12.3 Å². The van der Waals surface area contributed by atoms with Crippen LogP contribution < -0.4 is 4.74 Å². The maximum Gasteiger partial charge on any atom is 0.209 e. The molecule has 102 valence electrons. The Hall–Kier alpha value is -1.67. The SMILES string of the molecule is COc1cc(C)nc(CSc2nnnn2CCO)c1. The summed E-state index contributed by atoms with van der Waals surface area (Å²) in [6, 6.07) is 3.77. The molecule has 0 amide bonds. The van der Waals surface area contributed by atoms with Gasteiger partial charge in [-0.25, -0.2) is 4.68 Å². The van der Waals surface area contributed by atoms with E-state index < -0.39 is 0 Å². The van der Waals surface area contributed by atoms with Crippen LogP contribution in [-0.4, -0.2) is 44.0 Å². The average molecular weight is 281 g/mol. The number of methoxy groups -OCH3 is 1. The lowest BCUT2D eigenvalue weighted by atomic mass is 10.3. The number of aryl methyl sites for hydroxylation is 1. The maximum absolute atomic E-state index is 8.90. The van der Waals surface area contributed by atoms with Crippen molar-refractivity contribution in [3.05, 3.63) is 23.5 Å². The van der Waals surface area contributed by atoms with E-state index in [2.05, 4.69) is 20.5 Å². The number of hydrogen-bond donors (Lipinski definition) is 1. The molecule has 0 bridgehead atoms. The average Bonchev–Trinajstić information content (AvgIpc) is 2.83. The number of tetrazole rings is 1. The smallest absolute Gasteiger partial charge is 0.209 e. The fourth-order valence-corrected chi connectivity index (χ4v) is 2.36. The lowest BCUT2D eigenvalue weighted by molar-refractivity contribution is 0.262. The largest absolute Gasteiger partial charge is 0.497 e. The van der Waals surface area contributed by atoms with E-state index in [0.717, 1.165) is 17.1 Å². The zero-order valence-electron chi connectivity index (χ0n) is 10.8. The van der Waals surface area contributed by atoms with Gasteiger partial charge < -0.3 is 9.84 Å². The summed E-state index contributed by atoms with van der Waals surface area (Å²) in [5.74, 6) is 1.43. The van der Waals surface area contributed by atoms with Crippen LogP contribution in [0, 0.1) is 6.92 Å². The third-order valence-corrected chi connectivity index (χ3v) is 3.37. The zero-order chi connectivity index (χ0) is 13.7. The Morgan fingerprint density at radius 2 is 2.26 bits per heavy atom. The highest BCUT2D eigenvalue weighted by molar-refractivity contribution is 7.98. The number of hydrogen-bond acceptors (Lipinski definition) is 7. The molecule has 19 heavy (non-hydrogen) atoms. The van der Waals surface area contributed by atoms with E-state index in [0.29, 0.717) is 17.5 Å². The second-order valence-corrected chi connectivity index (χ2v) is 4.78. The Labute approximate surface area is 115 Å². The summed E-state index contributed by atoms with van der Waals surface area (Å²) in [4.78, 5) is 4.43. The molecule has 0 aliphatic heterocycles. The van der Waals surface area contributed by atoms with Crippen LogP contribution in [0.3, 0.4) is 0 Å². The van der Waals surface area contributed by atoms with Crippen molar-refractivity contribution < 1.29 is 9.84 Å². The predicted octanol–water partition coefficient (Wildman–Crippen LogP) is 0.670. The van der Waals surface area contributed by atoms with E-state index in [4.69, 9.17) is 9.84 Å². The van der Waals surface area contributed by atoms with Crippen LogP contribution in [0.2, 0.25) is 0 Å². The Morgan fingerprint density at radius 3 is 3.00 bits per heavy atom. The summed E-state index contributed by atoms with van der Waals surface area (Å²) >= 11 is 1.47. The fraction of sp³-hybridized carbons (Fsp3) is 0.455. The lowest BCUT2D eigenvalue weighted by Crippen LogP contribution is -2.05. The monoisotopic (exact) mass is 281 g/mol. The highest BCUT2D eigenvalue weighted by Gasteiger charge is 2.08. The molecule has 0 spiro atoms. The fourth-order valence-electron chi connectivity index (χ4n) is 1.57. The third kappa shape index (κ3) is 3.65. The molecule has 0 aliphatic rings. The van der Waals surface area contributed by atoms with Crippen LogP contribution in [0.1, 0.15) is 11.4 Å². The molecule has 0 radical (unpaired) electrons. The van der Waals surface area contributed by atoms with Crippen molar-refractivity contribution >= 4 is 11.8 Å². The second-order valence-electron chi connectivity index (χ2n) is 3.84. The minimum absolute atomic E-state index is 0.00905. The van der Waals surface area contributed by atoms with Gasteiger partial charge in [-0.2, -0.15) is 0 Å². The normalized spacial score (nSPS) is 10.7. The van der Waals surface area contributed by atoms with Gasteiger partial charge in [-0.05, 0) is 17.4 Å². The van der Waals surface area contributed by atoms with Crippen molar-refractivity contribution in [1.29, 1.82) is 0 Å². The van der Waals surface area contributed by atoms with Crippen molar-refractivity contribution in [2.24, 2.45) is 0 Å². The van der Waals surface area contributed by atoms with E-state index in [1.807, 2.05) is 19.1 Å². The summed E-state index contributed by atoms with van der Waals surface area (Å²) < 4.78 is 6.77. The standard InChI is InChI=1S/C11H15N5O2S/c1-8-5-10(18-2)6-9(12-8)7-19-11-13-14-15-16(11)3-4-17/h5-6,17H,3-4,7H2,1-2H3. The molecule has 2 aromatic heterocycles. The maximum atomic E-state index is 8.90. The van der Waals surface area contributed by atoms with E-state index >= 15 is 0 Å². The summed E-state index contributed by atoms with van der Waals surface area (Å²) in [6.07, 6.45) is 0. The van der Waals surface area contributed by atoms with Gasteiger partial charge in [0, 0.05) is 23.6 Å². The Bertz CT molecular complexity index is 546. The van der Waals surface area contributed by atoms with Gasteiger partial charge in [0.25, 0.3) is 0 Å². The number of aliphatic hydroxyl groups excluding tert-OH is 1. The molecule has 1 N–H and O–H groups in total. The van der Waals surface area contributed by atoms with E-state index in [1.165, 1.54) is 11.8 Å². The first-order chi connectivity index (χ1) is 9.22. The van der Waals surface area contributed by atoms with Gasteiger partial charge in [0.15, 0.2) is 0 Å². The van der Waals surface area contributed by atoms with Gasteiger partial charge in [-0.1, -0.05) is 11.8 Å². The van der Waals surface area contributed by atoms with Crippen LogP contribution in [0.15, 0.2) is 17.3 Å². The van der Waals surface area contributed by atoms with Gasteiger partial charge in [0.1, 0.15) is 5.75 Å². The Kier molecular flexibility index (Phi) is 4.69. The zero-order valence-corrected chi connectivity index (χ0v) is 11.6. The van der Waals surface area contributed by atoms with Crippen LogP contribution >= 0.6 is 11.8 Å². The molecule has 0 aliphatic carbocycles. The molecule has 0 saturated heterocycles. The molecule has 0 fully saturated rings. The molecule has 0 unspecified atom stereocenters. The highest BCUT2D eigenvalue weighted by Crippen LogP contribution is 2.21. The van der Waals surface area contributed by atoms with Gasteiger partial charge in [-0.3, -0.25) is 4.98 Å². The quantitative estimate of drug-likeness (QED) is 0.779. The molecule has 2 heterocycles.